The van der Waals surface area contributed by atoms with E-state index in [4.69, 9.17) is 9.47 Å². The summed E-state index contributed by atoms with van der Waals surface area (Å²) < 4.78 is 10.9. The van der Waals surface area contributed by atoms with E-state index in [9.17, 15) is 4.79 Å². The molecule has 1 aliphatic rings. The number of piperidine rings is 1. The maximum atomic E-state index is 12.5. The number of carbonyl (C=O) groups is 1. The van der Waals surface area contributed by atoms with E-state index in [0.29, 0.717) is 25.5 Å². The van der Waals surface area contributed by atoms with Crippen molar-refractivity contribution in [2.45, 2.75) is 32.6 Å². The van der Waals surface area contributed by atoms with Gasteiger partial charge >= 0.3 is 0 Å². The fourth-order valence-corrected chi connectivity index (χ4v) is 3.40. The number of likely N-dealkylation sites (tertiary alicyclic amines) is 1. The zero-order valence-corrected chi connectivity index (χ0v) is 15.9. The van der Waals surface area contributed by atoms with Crippen LogP contribution in [0.3, 0.4) is 0 Å². The molecule has 0 radical (unpaired) electrons. The van der Waals surface area contributed by atoms with Gasteiger partial charge in [-0.3, -0.25) is 4.79 Å². The minimum atomic E-state index is 0.244. The van der Waals surface area contributed by atoms with Gasteiger partial charge in [0, 0.05) is 19.5 Å². The Kier molecular flexibility index (Phi) is 8.06. The van der Waals surface area contributed by atoms with Gasteiger partial charge in [0.25, 0.3) is 0 Å². The third-order valence-corrected chi connectivity index (χ3v) is 4.91. The summed E-state index contributed by atoms with van der Waals surface area (Å²) in [5.41, 5.74) is 0. The van der Waals surface area contributed by atoms with Gasteiger partial charge in [-0.2, -0.15) is 0 Å². The molecule has 1 saturated heterocycles. The Morgan fingerprint density at radius 1 is 1.28 bits per heavy atom. The van der Waals surface area contributed by atoms with Gasteiger partial charge in [-0.05, 0) is 70.0 Å². The Morgan fingerprint density at radius 2 is 2.00 bits per heavy atom. The molecule has 1 amide bonds. The lowest BCUT2D eigenvalue weighted by Gasteiger charge is -2.30. The second-order valence-corrected chi connectivity index (χ2v) is 6.81. The van der Waals surface area contributed by atoms with Gasteiger partial charge in [0.15, 0.2) is 0 Å². The Hall–Kier alpha value is -1.75. The van der Waals surface area contributed by atoms with Crippen LogP contribution in [0.1, 0.15) is 32.6 Å². The molecule has 0 saturated carbocycles. The summed E-state index contributed by atoms with van der Waals surface area (Å²) in [7, 11) is 3.81. The molecule has 25 heavy (non-hydrogen) atoms. The van der Waals surface area contributed by atoms with E-state index >= 15 is 0 Å². The summed E-state index contributed by atoms with van der Waals surface area (Å²) in [6.45, 7) is 6.22. The van der Waals surface area contributed by atoms with Crippen LogP contribution in [0.25, 0.3) is 0 Å². The summed E-state index contributed by atoms with van der Waals surface area (Å²) in [6.07, 6.45) is 4.15. The molecule has 0 aromatic heterocycles. The third-order valence-electron chi connectivity index (χ3n) is 4.91. The lowest BCUT2D eigenvalue weighted by Crippen LogP contribution is -2.36. The molecule has 1 aromatic carbocycles. The van der Waals surface area contributed by atoms with Crippen LogP contribution in [0.4, 0.5) is 0 Å². The van der Waals surface area contributed by atoms with Crippen molar-refractivity contribution in [3.05, 3.63) is 24.3 Å². The number of rotatable bonds is 9. The summed E-state index contributed by atoms with van der Waals surface area (Å²) in [5, 5.41) is 0. The second-order valence-electron chi connectivity index (χ2n) is 6.81. The predicted molar refractivity (Wildman–Crippen MR) is 100 cm³/mol. The predicted octanol–water partition coefficient (Wildman–Crippen LogP) is 3.04. The van der Waals surface area contributed by atoms with Crippen LogP contribution in [0, 0.1) is 5.92 Å². The van der Waals surface area contributed by atoms with Crippen molar-refractivity contribution >= 4 is 5.91 Å². The van der Waals surface area contributed by atoms with Crippen molar-refractivity contribution in [3.63, 3.8) is 0 Å². The number of benzene rings is 1. The topological polar surface area (TPSA) is 42.0 Å². The molecule has 1 atom stereocenters. The van der Waals surface area contributed by atoms with E-state index in [0.717, 1.165) is 31.0 Å². The van der Waals surface area contributed by atoms with E-state index in [2.05, 4.69) is 11.9 Å². The number of carbonyl (C=O) groups excluding carboxylic acids is 1. The Bertz CT molecular complexity index is 518. The summed E-state index contributed by atoms with van der Waals surface area (Å²) in [4.78, 5) is 16.7. The van der Waals surface area contributed by atoms with E-state index in [1.54, 1.807) is 7.11 Å². The van der Waals surface area contributed by atoms with Crippen LogP contribution in [-0.4, -0.2) is 62.7 Å². The number of likely N-dealkylation sites (N-methyl/N-ethyl adjacent to an activating group) is 1. The smallest absolute Gasteiger partial charge is 0.222 e. The van der Waals surface area contributed by atoms with Crippen molar-refractivity contribution < 1.29 is 14.3 Å². The standard InChI is InChI=1S/C20H32N2O3/c1-4-22(14-15-25-19-10-8-18(24-3)9-11-19)20(23)12-7-17-6-5-13-21(2)16-17/h8-11,17H,4-7,12-16H2,1-3H3. The average Bonchev–Trinajstić information content (AvgIpc) is 2.64. The molecule has 1 fully saturated rings. The van der Waals surface area contributed by atoms with Gasteiger partial charge in [0.05, 0.1) is 13.7 Å². The first kappa shape index (κ1) is 19.6. The van der Waals surface area contributed by atoms with E-state index in [1.165, 1.54) is 19.4 Å². The highest BCUT2D eigenvalue weighted by Gasteiger charge is 2.19. The first-order valence-corrected chi connectivity index (χ1v) is 9.35. The lowest BCUT2D eigenvalue weighted by atomic mass is 9.93. The number of nitrogens with zero attached hydrogens (tertiary/aromatic N) is 2. The Labute approximate surface area is 151 Å². The van der Waals surface area contributed by atoms with Gasteiger partial charge in [0.2, 0.25) is 5.91 Å². The van der Waals surface area contributed by atoms with Gasteiger partial charge in [-0.25, -0.2) is 0 Å². The van der Waals surface area contributed by atoms with E-state index in [-0.39, 0.29) is 5.91 Å². The molecule has 5 heteroatoms. The van der Waals surface area contributed by atoms with Crippen LogP contribution < -0.4 is 9.47 Å². The van der Waals surface area contributed by atoms with Crippen LogP contribution in [0.2, 0.25) is 0 Å². The van der Waals surface area contributed by atoms with Crippen LogP contribution in [-0.2, 0) is 4.79 Å². The zero-order chi connectivity index (χ0) is 18.1. The quantitative estimate of drug-likeness (QED) is 0.688. The normalized spacial score (nSPS) is 18.0. The maximum absolute atomic E-state index is 12.5. The van der Waals surface area contributed by atoms with Crippen molar-refractivity contribution in [1.29, 1.82) is 0 Å². The summed E-state index contributed by atoms with van der Waals surface area (Å²) >= 11 is 0. The lowest BCUT2D eigenvalue weighted by molar-refractivity contribution is -0.131. The molecule has 0 spiro atoms. The number of amides is 1. The molecule has 5 nitrogen and oxygen atoms in total. The first-order chi connectivity index (χ1) is 12.1. The molecule has 1 aliphatic heterocycles. The Balaban J connectivity index is 1.69. The second kappa shape index (κ2) is 10.3. The molecule has 0 bridgehead atoms. The number of methoxy groups -OCH3 is 1. The van der Waals surface area contributed by atoms with Gasteiger partial charge in [0.1, 0.15) is 18.1 Å². The van der Waals surface area contributed by atoms with Crippen LogP contribution in [0.15, 0.2) is 24.3 Å². The fraction of sp³-hybridized carbons (Fsp3) is 0.650. The molecule has 2 rings (SSSR count). The molecular weight excluding hydrogens is 316 g/mol. The SMILES string of the molecule is CCN(CCOc1ccc(OC)cc1)C(=O)CCC1CCCN(C)C1. The monoisotopic (exact) mass is 348 g/mol. The van der Waals surface area contributed by atoms with Gasteiger partial charge in [-0.1, -0.05) is 0 Å². The fourth-order valence-electron chi connectivity index (χ4n) is 3.40. The molecule has 0 N–H and O–H groups in total. The maximum Gasteiger partial charge on any atom is 0.222 e. The van der Waals surface area contributed by atoms with Gasteiger partial charge < -0.3 is 19.3 Å². The van der Waals surface area contributed by atoms with Gasteiger partial charge in [-0.15, -0.1) is 0 Å². The minimum Gasteiger partial charge on any atom is -0.497 e. The zero-order valence-electron chi connectivity index (χ0n) is 15.9. The van der Waals surface area contributed by atoms with E-state index in [1.807, 2.05) is 36.1 Å². The van der Waals surface area contributed by atoms with Crippen LogP contribution in [0.5, 0.6) is 11.5 Å². The summed E-state index contributed by atoms with van der Waals surface area (Å²) in [6, 6.07) is 7.52. The highest BCUT2D eigenvalue weighted by Crippen LogP contribution is 2.20. The molecule has 1 aromatic rings. The summed E-state index contributed by atoms with van der Waals surface area (Å²) in [5.74, 6) is 2.52. The molecule has 140 valence electrons. The largest absolute Gasteiger partial charge is 0.497 e. The van der Waals surface area contributed by atoms with Crippen molar-refractivity contribution in [1.82, 2.24) is 9.80 Å². The first-order valence-electron chi connectivity index (χ1n) is 9.35. The molecule has 0 aliphatic carbocycles. The van der Waals surface area contributed by atoms with Crippen molar-refractivity contribution in [2.75, 3.05) is 46.9 Å². The highest BCUT2D eigenvalue weighted by atomic mass is 16.5. The highest BCUT2D eigenvalue weighted by molar-refractivity contribution is 5.76. The molecule has 1 heterocycles. The number of hydrogen-bond acceptors (Lipinski definition) is 4. The number of ether oxygens (including phenoxy) is 2. The minimum absolute atomic E-state index is 0.244. The number of hydrogen-bond donors (Lipinski definition) is 0. The van der Waals surface area contributed by atoms with Crippen LogP contribution >= 0.6 is 0 Å². The Morgan fingerprint density at radius 3 is 2.64 bits per heavy atom. The average molecular weight is 348 g/mol. The van der Waals surface area contributed by atoms with E-state index < -0.39 is 0 Å². The molecular formula is C20H32N2O3. The third kappa shape index (κ3) is 6.58. The van der Waals surface area contributed by atoms with Crippen molar-refractivity contribution in [2.24, 2.45) is 5.92 Å². The van der Waals surface area contributed by atoms with Crippen molar-refractivity contribution in [3.8, 4) is 11.5 Å². The molecule has 1 unspecified atom stereocenters.